The van der Waals surface area contributed by atoms with Gasteiger partial charge in [-0.3, -0.25) is 0 Å². The first-order chi connectivity index (χ1) is 9.85. The van der Waals surface area contributed by atoms with Gasteiger partial charge in [-0.1, -0.05) is 57.2 Å². The van der Waals surface area contributed by atoms with Gasteiger partial charge >= 0.3 is 0 Å². The fourth-order valence-electron chi connectivity index (χ4n) is 3.40. The molecule has 0 spiro atoms. The molecule has 0 radical (unpaired) electrons. The van der Waals surface area contributed by atoms with Crippen molar-refractivity contribution in [3.05, 3.63) is 34.9 Å². The summed E-state index contributed by atoms with van der Waals surface area (Å²) in [6.07, 6.45) is 13.5. The average molecular weight is 273 g/mol. The molecular formula is C19H31N. The van der Waals surface area contributed by atoms with Crippen molar-refractivity contribution in [2.75, 3.05) is 7.05 Å². The van der Waals surface area contributed by atoms with E-state index in [1.165, 1.54) is 69.8 Å². The van der Waals surface area contributed by atoms with E-state index in [0.717, 1.165) is 0 Å². The number of fused-ring (bicyclic) bond motifs is 1. The van der Waals surface area contributed by atoms with Crippen molar-refractivity contribution < 1.29 is 0 Å². The van der Waals surface area contributed by atoms with Crippen LogP contribution in [-0.4, -0.2) is 7.05 Å². The molecular weight excluding hydrogens is 242 g/mol. The van der Waals surface area contributed by atoms with E-state index in [1.54, 1.807) is 11.1 Å². The molecule has 2 rings (SSSR count). The Morgan fingerprint density at radius 1 is 1.00 bits per heavy atom. The Kier molecular flexibility index (Phi) is 6.59. The molecule has 1 aliphatic rings. The molecule has 1 atom stereocenters. The molecule has 0 aromatic heterocycles. The lowest BCUT2D eigenvalue weighted by atomic mass is 9.88. The third-order valence-corrected chi connectivity index (χ3v) is 4.72. The fourth-order valence-corrected chi connectivity index (χ4v) is 3.40. The maximum Gasteiger partial charge on any atom is 0.0317 e. The van der Waals surface area contributed by atoms with E-state index in [4.69, 9.17) is 0 Å². The lowest BCUT2D eigenvalue weighted by molar-refractivity contribution is 0.500. The molecule has 0 saturated carbocycles. The van der Waals surface area contributed by atoms with Crippen molar-refractivity contribution in [2.24, 2.45) is 0 Å². The van der Waals surface area contributed by atoms with Crippen molar-refractivity contribution in [3.63, 3.8) is 0 Å². The summed E-state index contributed by atoms with van der Waals surface area (Å²) in [6.45, 7) is 2.28. The summed E-state index contributed by atoms with van der Waals surface area (Å²) in [5.74, 6) is 0. The summed E-state index contributed by atoms with van der Waals surface area (Å²) >= 11 is 0. The molecule has 1 aromatic rings. The highest BCUT2D eigenvalue weighted by Crippen LogP contribution is 2.27. The summed E-state index contributed by atoms with van der Waals surface area (Å²) in [5.41, 5.74) is 4.71. The van der Waals surface area contributed by atoms with Crippen molar-refractivity contribution >= 4 is 0 Å². The minimum absolute atomic E-state index is 0.545. The molecule has 1 heteroatoms. The summed E-state index contributed by atoms with van der Waals surface area (Å²) in [4.78, 5) is 0. The van der Waals surface area contributed by atoms with Crippen LogP contribution in [0.3, 0.4) is 0 Å². The summed E-state index contributed by atoms with van der Waals surface area (Å²) in [7, 11) is 2.11. The van der Waals surface area contributed by atoms with Gasteiger partial charge in [0.15, 0.2) is 0 Å². The molecule has 1 aliphatic carbocycles. The van der Waals surface area contributed by atoms with E-state index < -0.39 is 0 Å². The highest BCUT2D eigenvalue weighted by atomic mass is 14.9. The number of nitrogens with one attached hydrogen (secondary N) is 1. The van der Waals surface area contributed by atoms with Crippen LogP contribution in [0.15, 0.2) is 18.2 Å². The van der Waals surface area contributed by atoms with Gasteiger partial charge < -0.3 is 5.32 Å². The maximum atomic E-state index is 3.52. The molecule has 1 aromatic carbocycles. The number of benzene rings is 1. The van der Waals surface area contributed by atoms with Crippen molar-refractivity contribution in [1.29, 1.82) is 0 Å². The van der Waals surface area contributed by atoms with Crippen LogP contribution in [-0.2, 0) is 12.8 Å². The van der Waals surface area contributed by atoms with E-state index in [9.17, 15) is 0 Å². The average Bonchev–Trinajstić information content (AvgIpc) is 2.50. The molecule has 1 unspecified atom stereocenters. The first-order valence-corrected chi connectivity index (χ1v) is 8.64. The lowest BCUT2D eigenvalue weighted by Crippen LogP contribution is -2.17. The van der Waals surface area contributed by atoms with Crippen molar-refractivity contribution in [3.8, 4) is 0 Å². The number of aryl methyl sites for hydroxylation is 2. The Morgan fingerprint density at radius 2 is 1.75 bits per heavy atom. The van der Waals surface area contributed by atoms with Gasteiger partial charge in [0.1, 0.15) is 0 Å². The molecule has 0 heterocycles. The Balaban J connectivity index is 1.90. The second-order valence-corrected chi connectivity index (χ2v) is 6.28. The summed E-state index contributed by atoms with van der Waals surface area (Å²) in [6, 6.07) is 7.76. The fraction of sp³-hybridized carbons (Fsp3) is 0.684. The van der Waals surface area contributed by atoms with Gasteiger partial charge in [0.2, 0.25) is 0 Å². The first kappa shape index (κ1) is 15.6. The summed E-state index contributed by atoms with van der Waals surface area (Å²) < 4.78 is 0. The van der Waals surface area contributed by atoms with Crippen LogP contribution in [0.2, 0.25) is 0 Å². The van der Waals surface area contributed by atoms with E-state index in [2.05, 4.69) is 37.5 Å². The van der Waals surface area contributed by atoms with E-state index >= 15 is 0 Å². The molecule has 0 bridgehead atoms. The second kappa shape index (κ2) is 8.46. The SMILES string of the molecule is CCCCCCCC(NC)c1ccc2c(c1)CCCC2. The topological polar surface area (TPSA) is 12.0 Å². The Morgan fingerprint density at radius 3 is 2.50 bits per heavy atom. The molecule has 0 aliphatic heterocycles. The molecule has 1 nitrogen and oxygen atoms in total. The quantitative estimate of drug-likeness (QED) is 0.643. The Bertz CT molecular complexity index is 397. The van der Waals surface area contributed by atoms with Crippen LogP contribution in [0.4, 0.5) is 0 Å². The normalized spacial score (nSPS) is 15.9. The van der Waals surface area contributed by atoms with Gasteiger partial charge in [-0.25, -0.2) is 0 Å². The summed E-state index contributed by atoms with van der Waals surface area (Å²) in [5, 5.41) is 3.52. The van der Waals surface area contributed by atoms with Crippen LogP contribution < -0.4 is 5.32 Å². The highest BCUT2D eigenvalue weighted by molar-refractivity contribution is 5.35. The molecule has 0 saturated heterocycles. The van der Waals surface area contributed by atoms with Gasteiger partial charge in [-0.15, -0.1) is 0 Å². The third-order valence-electron chi connectivity index (χ3n) is 4.72. The zero-order valence-corrected chi connectivity index (χ0v) is 13.4. The van der Waals surface area contributed by atoms with Crippen LogP contribution >= 0.6 is 0 Å². The molecule has 0 amide bonds. The largest absolute Gasteiger partial charge is 0.313 e. The maximum absolute atomic E-state index is 3.52. The second-order valence-electron chi connectivity index (χ2n) is 6.28. The molecule has 0 fully saturated rings. The van der Waals surface area contributed by atoms with Crippen LogP contribution in [0.1, 0.15) is 81.0 Å². The number of unbranched alkanes of at least 4 members (excludes halogenated alkanes) is 4. The number of hydrogen-bond donors (Lipinski definition) is 1. The van der Waals surface area contributed by atoms with E-state index in [-0.39, 0.29) is 0 Å². The van der Waals surface area contributed by atoms with Crippen LogP contribution in [0.25, 0.3) is 0 Å². The zero-order chi connectivity index (χ0) is 14.2. The molecule has 112 valence electrons. The third kappa shape index (κ3) is 4.34. The van der Waals surface area contributed by atoms with Crippen molar-refractivity contribution in [2.45, 2.75) is 77.2 Å². The predicted molar refractivity (Wildman–Crippen MR) is 88.3 cm³/mol. The molecule has 1 N–H and O–H groups in total. The van der Waals surface area contributed by atoms with Crippen LogP contribution in [0, 0.1) is 0 Å². The van der Waals surface area contributed by atoms with Crippen molar-refractivity contribution in [1.82, 2.24) is 5.32 Å². The lowest BCUT2D eigenvalue weighted by Gasteiger charge is -2.21. The first-order valence-electron chi connectivity index (χ1n) is 8.64. The van der Waals surface area contributed by atoms with Gasteiger partial charge in [0.05, 0.1) is 0 Å². The van der Waals surface area contributed by atoms with E-state index in [0.29, 0.717) is 6.04 Å². The predicted octanol–water partition coefficient (Wildman–Crippen LogP) is 5.19. The molecule has 20 heavy (non-hydrogen) atoms. The standard InChI is InChI=1S/C19H31N/c1-3-4-5-6-7-12-19(20-2)18-14-13-16-10-8-9-11-17(16)15-18/h13-15,19-20H,3-12H2,1-2H3. The minimum Gasteiger partial charge on any atom is -0.313 e. The number of rotatable bonds is 8. The van der Waals surface area contributed by atoms with Gasteiger partial charge in [0, 0.05) is 6.04 Å². The van der Waals surface area contributed by atoms with Gasteiger partial charge in [-0.2, -0.15) is 0 Å². The minimum atomic E-state index is 0.545. The van der Waals surface area contributed by atoms with Crippen LogP contribution in [0.5, 0.6) is 0 Å². The zero-order valence-electron chi connectivity index (χ0n) is 13.4. The van der Waals surface area contributed by atoms with E-state index in [1.807, 2.05) is 0 Å². The number of hydrogen-bond acceptors (Lipinski definition) is 1. The monoisotopic (exact) mass is 273 g/mol. The highest BCUT2D eigenvalue weighted by Gasteiger charge is 2.13. The van der Waals surface area contributed by atoms with Gasteiger partial charge in [-0.05, 0) is 55.8 Å². The smallest absolute Gasteiger partial charge is 0.0317 e. The van der Waals surface area contributed by atoms with Gasteiger partial charge in [0.25, 0.3) is 0 Å². The Labute approximate surface area is 125 Å². The Hall–Kier alpha value is -0.820.